The van der Waals surface area contributed by atoms with Crippen molar-refractivity contribution in [1.82, 2.24) is 0 Å². The molecule has 6 heteroatoms. The molecule has 1 heterocycles. The maximum Gasteiger partial charge on any atom is 0.316 e. The van der Waals surface area contributed by atoms with E-state index in [0.29, 0.717) is 12.0 Å². The highest BCUT2D eigenvalue weighted by atomic mass is 79.9. The predicted molar refractivity (Wildman–Crippen MR) is 112 cm³/mol. The van der Waals surface area contributed by atoms with Crippen molar-refractivity contribution in [3.05, 3.63) is 69.8 Å². The minimum atomic E-state index is -0.789. The Morgan fingerprint density at radius 2 is 1.89 bits per heavy atom. The largest absolute Gasteiger partial charge is 0.468 e. The van der Waals surface area contributed by atoms with Crippen molar-refractivity contribution >= 4 is 39.1 Å². The van der Waals surface area contributed by atoms with Crippen molar-refractivity contribution in [3.63, 3.8) is 0 Å². The van der Waals surface area contributed by atoms with Gasteiger partial charge in [0.05, 0.1) is 24.5 Å². The quantitative estimate of drug-likeness (QED) is 0.524. The summed E-state index contributed by atoms with van der Waals surface area (Å²) >= 11 is 3.52. The van der Waals surface area contributed by atoms with Gasteiger partial charge in [0.15, 0.2) is 5.78 Å². The van der Waals surface area contributed by atoms with E-state index in [1.165, 1.54) is 7.11 Å². The number of hydrogen-bond donors (Lipinski definition) is 2. The van der Waals surface area contributed by atoms with Gasteiger partial charge in [0, 0.05) is 15.7 Å². The average molecular weight is 441 g/mol. The van der Waals surface area contributed by atoms with Crippen LogP contribution in [0.3, 0.4) is 0 Å². The number of benzene rings is 2. The Morgan fingerprint density at radius 1 is 1.14 bits per heavy atom. The van der Waals surface area contributed by atoms with E-state index < -0.39 is 11.9 Å². The minimum absolute atomic E-state index is 0.139. The minimum Gasteiger partial charge on any atom is -0.468 e. The van der Waals surface area contributed by atoms with E-state index in [2.05, 4.69) is 26.6 Å². The predicted octanol–water partition coefficient (Wildman–Crippen LogP) is 4.68. The van der Waals surface area contributed by atoms with Gasteiger partial charge < -0.3 is 15.4 Å². The molecule has 1 aliphatic carbocycles. The number of ether oxygens (including phenoxy) is 1. The molecule has 2 N–H and O–H groups in total. The zero-order valence-electron chi connectivity index (χ0n) is 15.7. The number of hydrogen-bond acceptors (Lipinski definition) is 5. The number of nitrogens with one attached hydrogen (secondary N) is 2. The van der Waals surface area contributed by atoms with Gasteiger partial charge in [0.2, 0.25) is 0 Å². The first-order valence-corrected chi connectivity index (χ1v) is 10.0. The molecule has 144 valence electrons. The number of fused-ring (bicyclic) bond motifs is 1. The molecule has 2 aromatic carbocycles. The molecule has 3 atom stereocenters. The summed E-state index contributed by atoms with van der Waals surface area (Å²) in [6.07, 6.45) is 0.599. The highest BCUT2D eigenvalue weighted by Gasteiger charge is 2.44. The van der Waals surface area contributed by atoms with Crippen LogP contribution >= 0.6 is 15.9 Å². The normalized spacial score (nSPS) is 23.7. The van der Waals surface area contributed by atoms with Gasteiger partial charge in [-0.15, -0.1) is 0 Å². The van der Waals surface area contributed by atoms with Crippen molar-refractivity contribution in [2.45, 2.75) is 19.4 Å². The molecule has 0 aromatic heterocycles. The van der Waals surface area contributed by atoms with E-state index in [1.54, 1.807) is 0 Å². The van der Waals surface area contributed by atoms with Crippen molar-refractivity contribution in [3.8, 4) is 0 Å². The average Bonchev–Trinajstić information content (AvgIpc) is 2.84. The zero-order chi connectivity index (χ0) is 19.8. The summed E-state index contributed by atoms with van der Waals surface area (Å²) in [5.74, 6) is -1.58. The number of Topliss-reactive ketones (excluding diaryl/α,β-unsaturated/α-hetero) is 1. The second kappa shape index (κ2) is 7.43. The van der Waals surface area contributed by atoms with Gasteiger partial charge in [-0.3, -0.25) is 9.59 Å². The first-order valence-electron chi connectivity index (χ1n) is 9.22. The number of ketones is 1. The van der Waals surface area contributed by atoms with Crippen molar-refractivity contribution in [2.75, 3.05) is 17.7 Å². The Hall–Kier alpha value is -2.60. The van der Waals surface area contributed by atoms with Crippen LogP contribution in [-0.2, 0) is 14.3 Å². The fourth-order valence-electron chi connectivity index (χ4n) is 4.07. The number of allylic oxidation sites excluding steroid dienone is 1. The van der Waals surface area contributed by atoms with Gasteiger partial charge in [0.1, 0.15) is 5.92 Å². The van der Waals surface area contributed by atoms with Gasteiger partial charge in [0.25, 0.3) is 0 Å². The lowest BCUT2D eigenvalue weighted by molar-refractivity contribution is -0.151. The molecule has 0 saturated carbocycles. The lowest BCUT2D eigenvalue weighted by atomic mass is 9.75. The standard InChI is InChI=1S/C22H21BrN2O3/c1-12-10-17-19(21(26)18(12)22(27)28-2)20(13-6-5-7-14(23)11-13)25-16-9-4-3-8-15(16)24-17/h3-9,11-12,18,20,24-25H,10H2,1-2H3/t12-,18-,20+/m0/s1. The van der Waals surface area contributed by atoms with E-state index in [0.717, 1.165) is 27.1 Å². The van der Waals surface area contributed by atoms with E-state index >= 15 is 0 Å². The Labute approximate surface area is 172 Å². The number of carbonyl (C=O) groups is 2. The maximum atomic E-state index is 13.5. The molecular weight excluding hydrogens is 420 g/mol. The topological polar surface area (TPSA) is 67.4 Å². The summed E-state index contributed by atoms with van der Waals surface area (Å²) < 4.78 is 5.86. The molecule has 0 spiro atoms. The smallest absolute Gasteiger partial charge is 0.316 e. The summed E-state index contributed by atoms with van der Waals surface area (Å²) in [6, 6.07) is 15.4. The molecule has 28 heavy (non-hydrogen) atoms. The van der Waals surface area contributed by atoms with Crippen LogP contribution < -0.4 is 10.6 Å². The van der Waals surface area contributed by atoms with E-state index in [9.17, 15) is 9.59 Å². The van der Waals surface area contributed by atoms with Gasteiger partial charge in [-0.1, -0.05) is 47.1 Å². The van der Waals surface area contributed by atoms with Crippen LogP contribution in [0.4, 0.5) is 11.4 Å². The fourth-order valence-corrected chi connectivity index (χ4v) is 4.49. The van der Waals surface area contributed by atoms with Crippen LogP contribution in [0.1, 0.15) is 24.9 Å². The summed E-state index contributed by atoms with van der Waals surface area (Å²) in [6.45, 7) is 1.92. The van der Waals surface area contributed by atoms with Gasteiger partial charge in [-0.05, 0) is 42.2 Å². The maximum absolute atomic E-state index is 13.5. The van der Waals surface area contributed by atoms with Crippen LogP contribution in [0.15, 0.2) is 64.3 Å². The number of rotatable bonds is 2. The molecular formula is C22H21BrN2O3. The van der Waals surface area contributed by atoms with Gasteiger partial charge in [-0.2, -0.15) is 0 Å². The summed E-state index contributed by atoms with van der Waals surface area (Å²) in [4.78, 5) is 25.8. The highest BCUT2D eigenvalue weighted by molar-refractivity contribution is 9.10. The molecule has 0 amide bonds. The molecule has 2 aromatic rings. The SMILES string of the molecule is COC(=O)[C@@H]1C(=O)C2=C(C[C@@H]1C)Nc1ccccc1N[C@@H]2c1cccc(Br)c1. The Kier molecular flexibility index (Phi) is 4.98. The van der Waals surface area contributed by atoms with Crippen LogP contribution in [0.25, 0.3) is 0 Å². The molecule has 0 unspecified atom stereocenters. The molecule has 0 bridgehead atoms. The van der Waals surface area contributed by atoms with Crippen molar-refractivity contribution in [2.24, 2.45) is 11.8 Å². The lowest BCUT2D eigenvalue weighted by Crippen LogP contribution is -2.39. The Bertz CT molecular complexity index is 985. The third kappa shape index (κ3) is 3.22. The summed E-state index contributed by atoms with van der Waals surface area (Å²) in [7, 11) is 1.33. The summed E-state index contributed by atoms with van der Waals surface area (Å²) in [5.41, 5.74) is 4.25. The number of halogens is 1. The molecule has 4 rings (SSSR count). The second-order valence-corrected chi connectivity index (χ2v) is 8.16. The number of anilines is 2. The second-order valence-electron chi connectivity index (χ2n) is 7.24. The zero-order valence-corrected chi connectivity index (χ0v) is 17.2. The van der Waals surface area contributed by atoms with Crippen molar-refractivity contribution < 1.29 is 14.3 Å². The van der Waals surface area contributed by atoms with Gasteiger partial charge in [-0.25, -0.2) is 0 Å². The Morgan fingerprint density at radius 3 is 2.61 bits per heavy atom. The molecule has 5 nitrogen and oxygen atoms in total. The van der Waals surface area contributed by atoms with E-state index in [-0.39, 0.29) is 17.7 Å². The first-order chi connectivity index (χ1) is 13.5. The molecule has 0 saturated heterocycles. The molecule has 0 radical (unpaired) electrons. The molecule has 1 aliphatic heterocycles. The number of para-hydroxylation sites is 2. The third-order valence-corrected chi connectivity index (χ3v) is 5.90. The van der Waals surface area contributed by atoms with Crippen LogP contribution in [0.2, 0.25) is 0 Å². The fraction of sp³-hybridized carbons (Fsp3) is 0.273. The Balaban J connectivity index is 1.88. The van der Waals surface area contributed by atoms with Crippen LogP contribution in [0.5, 0.6) is 0 Å². The van der Waals surface area contributed by atoms with Crippen molar-refractivity contribution in [1.29, 1.82) is 0 Å². The van der Waals surface area contributed by atoms with Gasteiger partial charge >= 0.3 is 5.97 Å². The molecule has 0 fully saturated rings. The van der Waals surface area contributed by atoms with E-state index in [4.69, 9.17) is 4.74 Å². The van der Waals surface area contributed by atoms with Crippen LogP contribution in [0, 0.1) is 11.8 Å². The number of esters is 1. The summed E-state index contributed by atoms with van der Waals surface area (Å²) in [5, 5.41) is 6.96. The highest BCUT2D eigenvalue weighted by Crippen LogP contribution is 2.43. The monoisotopic (exact) mass is 440 g/mol. The lowest BCUT2D eigenvalue weighted by Gasteiger charge is -2.32. The molecule has 2 aliphatic rings. The number of methoxy groups -OCH3 is 1. The van der Waals surface area contributed by atoms with E-state index in [1.807, 2.05) is 55.5 Å². The third-order valence-electron chi connectivity index (χ3n) is 5.41. The van der Waals surface area contributed by atoms with Crippen LogP contribution in [-0.4, -0.2) is 18.9 Å². The number of carbonyl (C=O) groups excluding carboxylic acids is 2. The first kappa shape index (κ1) is 18.7.